The zero-order valence-corrected chi connectivity index (χ0v) is 7.58. The molecular formula is C8H20N2O. The minimum atomic E-state index is -0.165. The molecule has 0 aliphatic carbocycles. The minimum Gasteiger partial charge on any atom is -0.393 e. The maximum Gasteiger partial charge on any atom is 0.0512 e. The molecule has 3 N–H and O–H groups in total. The molecule has 11 heavy (non-hydrogen) atoms. The van der Waals surface area contributed by atoms with Gasteiger partial charge in [-0.25, -0.2) is 0 Å². The number of nitrogens with zero attached hydrogens (tertiary/aromatic N) is 1. The number of likely N-dealkylation sites (N-methyl/N-ethyl adjacent to an activating group) is 1. The molecule has 0 aromatic rings. The fourth-order valence-electron chi connectivity index (χ4n) is 0.989. The summed E-state index contributed by atoms with van der Waals surface area (Å²) in [4.78, 5) is 2.18. The second-order valence-electron chi connectivity index (χ2n) is 3.08. The van der Waals surface area contributed by atoms with Crippen LogP contribution in [0.25, 0.3) is 0 Å². The van der Waals surface area contributed by atoms with Gasteiger partial charge in [0, 0.05) is 13.1 Å². The largest absolute Gasteiger partial charge is 0.393 e. The zero-order valence-electron chi connectivity index (χ0n) is 7.58. The van der Waals surface area contributed by atoms with Crippen LogP contribution in [0.1, 0.15) is 19.8 Å². The highest BCUT2D eigenvalue weighted by molar-refractivity contribution is 4.54. The number of aliphatic hydroxyl groups is 1. The third-order valence-electron chi connectivity index (χ3n) is 1.67. The van der Waals surface area contributed by atoms with Crippen LogP contribution >= 0.6 is 0 Å². The first-order valence-electron chi connectivity index (χ1n) is 4.23. The fourth-order valence-corrected chi connectivity index (χ4v) is 0.989. The number of rotatable bonds is 6. The molecule has 0 aromatic heterocycles. The molecule has 0 amide bonds. The van der Waals surface area contributed by atoms with Crippen molar-refractivity contribution in [3.63, 3.8) is 0 Å². The molecule has 0 saturated carbocycles. The van der Waals surface area contributed by atoms with Gasteiger partial charge in [-0.05, 0) is 33.4 Å². The van der Waals surface area contributed by atoms with Gasteiger partial charge in [-0.15, -0.1) is 0 Å². The van der Waals surface area contributed by atoms with Gasteiger partial charge >= 0.3 is 0 Å². The number of nitrogens with two attached hydrogens (primary N) is 1. The lowest BCUT2D eigenvalue weighted by Crippen LogP contribution is -2.26. The van der Waals surface area contributed by atoms with Crippen molar-refractivity contribution in [2.45, 2.75) is 25.9 Å². The summed E-state index contributed by atoms with van der Waals surface area (Å²) in [5.41, 5.74) is 5.37. The van der Waals surface area contributed by atoms with Crippen molar-refractivity contribution in [1.29, 1.82) is 0 Å². The van der Waals surface area contributed by atoms with E-state index in [0.29, 0.717) is 6.54 Å². The van der Waals surface area contributed by atoms with Crippen molar-refractivity contribution in [2.75, 3.05) is 26.7 Å². The van der Waals surface area contributed by atoms with Crippen molar-refractivity contribution in [2.24, 2.45) is 5.73 Å². The van der Waals surface area contributed by atoms with E-state index in [9.17, 15) is 0 Å². The maximum atomic E-state index is 8.95. The van der Waals surface area contributed by atoms with Gasteiger partial charge in [0.05, 0.1) is 6.10 Å². The van der Waals surface area contributed by atoms with Crippen molar-refractivity contribution in [3.05, 3.63) is 0 Å². The SMILES string of the molecule is CC(O)CCCN(C)CCN. The molecule has 0 heterocycles. The van der Waals surface area contributed by atoms with E-state index in [0.717, 1.165) is 25.9 Å². The summed E-state index contributed by atoms with van der Waals surface area (Å²) in [6, 6.07) is 0. The second-order valence-corrected chi connectivity index (χ2v) is 3.08. The molecule has 1 unspecified atom stereocenters. The lowest BCUT2D eigenvalue weighted by molar-refractivity contribution is 0.175. The predicted octanol–water partition coefficient (Wildman–Crippen LogP) is 0.0379. The summed E-state index contributed by atoms with van der Waals surface area (Å²) >= 11 is 0. The van der Waals surface area contributed by atoms with Crippen LogP contribution in [0.4, 0.5) is 0 Å². The van der Waals surface area contributed by atoms with Crippen molar-refractivity contribution >= 4 is 0 Å². The standard InChI is InChI=1S/C8H20N2O/c1-8(11)4-3-6-10(2)7-5-9/h8,11H,3-7,9H2,1-2H3. The van der Waals surface area contributed by atoms with Crippen LogP contribution in [0.2, 0.25) is 0 Å². The molecular weight excluding hydrogens is 140 g/mol. The van der Waals surface area contributed by atoms with Gasteiger partial charge in [-0.1, -0.05) is 0 Å². The quantitative estimate of drug-likeness (QED) is 0.576. The van der Waals surface area contributed by atoms with Crippen molar-refractivity contribution in [3.8, 4) is 0 Å². The monoisotopic (exact) mass is 160 g/mol. The molecule has 1 atom stereocenters. The molecule has 0 radical (unpaired) electrons. The predicted molar refractivity (Wildman–Crippen MR) is 47.5 cm³/mol. The van der Waals surface area contributed by atoms with Crippen LogP contribution in [0.3, 0.4) is 0 Å². The molecule has 0 bridgehead atoms. The summed E-state index contributed by atoms with van der Waals surface area (Å²) in [5, 5.41) is 8.95. The smallest absolute Gasteiger partial charge is 0.0512 e. The van der Waals surface area contributed by atoms with Gasteiger partial charge in [0.1, 0.15) is 0 Å². The molecule has 68 valence electrons. The Morgan fingerprint density at radius 1 is 1.45 bits per heavy atom. The van der Waals surface area contributed by atoms with E-state index in [1.165, 1.54) is 0 Å². The molecule has 0 spiro atoms. The van der Waals surface area contributed by atoms with E-state index < -0.39 is 0 Å². The molecule has 0 aliphatic heterocycles. The molecule has 0 fully saturated rings. The molecule has 0 aliphatic rings. The Bertz CT molecular complexity index is 86.2. The topological polar surface area (TPSA) is 49.5 Å². The van der Waals surface area contributed by atoms with Gasteiger partial charge < -0.3 is 15.7 Å². The third kappa shape index (κ3) is 7.78. The Kier molecular flexibility index (Phi) is 6.51. The normalized spacial score (nSPS) is 13.9. The summed E-state index contributed by atoms with van der Waals surface area (Å²) in [5.74, 6) is 0. The van der Waals surface area contributed by atoms with Crippen molar-refractivity contribution in [1.82, 2.24) is 4.90 Å². The van der Waals surface area contributed by atoms with E-state index in [1.54, 1.807) is 0 Å². The lowest BCUT2D eigenvalue weighted by atomic mass is 10.2. The van der Waals surface area contributed by atoms with Crippen LogP contribution in [-0.2, 0) is 0 Å². The van der Waals surface area contributed by atoms with E-state index in [2.05, 4.69) is 11.9 Å². The summed E-state index contributed by atoms with van der Waals surface area (Å²) < 4.78 is 0. The highest BCUT2D eigenvalue weighted by Crippen LogP contribution is 1.96. The van der Waals surface area contributed by atoms with E-state index in [4.69, 9.17) is 10.8 Å². The Morgan fingerprint density at radius 2 is 2.09 bits per heavy atom. The van der Waals surface area contributed by atoms with E-state index >= 15 is 0 Å². The molecule has 0 aromatic carbocycles. The minimum absolute atomic E-state index is 0.165. The maximum absolute atomic E-state index is 8.95. The lowest BCUT2D eigenvalue weighted by Gasteiger charge is -2.15. The summed E-state index contributed by atoms with van der Waals surface area (Å²) in [6.45, 7) is 4.51. The number of aliphatic hydroxyl groups excluding tert-OH is 1. The van der Waals surface area contributed by atoms with Gasteiger partial charge in [0.2, 0.25) is 0 Å². The molecule has 0 rings (SSSR count). The van der Waals surface area contributed by atoms with Gasteiger partial charge in [0.15, 0.2) is 0 Å². The van der Waals surface area contributed by atoms with Gasteiger partial charge in [-0.2, -0.15) is 0 Å². The van der Waals surface area contributed by atoms with Crippen LogP contribution in [-0.4, -0.2) is 42.8 Å². The molecule has 3 heteroatoms. The average molecular weight is 160 g/mol. The average Bonchev–Trinajstić information content (AvgIpc) is 1.87. The van der Waals surface area contributed by atoms with Crippen LogP contribution in [0.5, 0.6) is 0 Å². The second kappa shape index (κ2) is 6.58. The fraction of sp³-hybridized carbons (Fsp3) is 1.00. The first kappa shape index (κ1) is 10.9. The van der Waals surface area contributed by atoms with Crippen LogP contribution in [0, 0.1) is 0 Å². The molecule has 0 saturated heterocycles. The first-order valence-corrected chi connectivity index (χ1v) is 4.23. The Labute approximate surface area is 69.2 Å². The van der Waals surface area contributed by atoms with Crippen LogP contribution in [0.15, 0.2) is 0 Å². The zero-order chi connectivity index (χ0) is 8.69. The van der Waals surface area contributed by atoms with E-state index in [-0.39, 0.29) is 6.10 Å². The molecule has 3 nitrogen and oxygen atoms in total. The highest BCUT2D eigenvalue weighted by Gasteiger charge is 1.98. The van der Waals surface area contributed by atoms with Gasteiger partial charge in [-0.3, -0.25) is 0 Å². The van der Waals surface area contributed by atoms with Crippen LogP contribution < -0.4 is 5.73 Å². The van der Waals surface area contributed by atoms with Crippen molar-refractivity contribution < 1.29 is 5.11 Å². The van der Waals surface area contributed by atoms with E-state index in [1.807, 2.05) is 6.92 Å². The Morgan fingerprint density at radius 3 is 2.55 bits per heavy atom. The Hall–Kier alpha value is -0.120. The summed E-state index contributed by atoms with van der Waals surface area (Å²) in [6.07, 6.45) is 1.77. The highest BCUT2D eigenvalue weighted by atomic mass is 16.3. The Balaban J connectivity index is 3.10. The number of hydrogen-bond acceptors (Lipinski definition) is 3. The van der Waals surface area contributed by atoms with Gasteiger partial charge in [0.25, 0.3) is 0 Å². The summed E-state index contributed by atoms with van der Waals surface area (Å²) in [7, 11) is 2.05. The first-order chi connectivity index (χ1) is 5.16. The number of hydrogen-bond donors (Lipinski definition) is 2. The third-order valence-corrected chi connectivity index (χ3v) is 1.67.